The first-order chi connectivity index (χ1) is 8.63. The third kappa shape index (κ3) is 2.46. The number of hydrogen-bond acceptors (Lipinski definition) is 4. The van der Waals surface area contributed by atoms with Crippen molar-refractivity contribution in [2.75, 3.05) is 20.2 Å². The molecule has 2 unspecified atom stereocenters. The number of likely N-dealkylation sites (tertiary alicyclic amines) is 1. The second-order valence-electron chi connectivity index (χ2n) is 4.72. The zero-order valence-electron chi connectivity index (χ0n) is 10.8. The summed E-state index contributed by atoms with van der Waals surface area (Å²) in [6.07, 6.45) is 2.58. The molecule has 0 aliphatic carbocycles. The molecule has 1 aliphatic heterocycles. The molecule has 1 aromatic rings. The molecule has 98 valence electrons. The quantitative estimate of drug-likeness (QED) is 0.864. The van der Waals surface area contributed by atoms with Crippen LogP contribution in [0.4, 0.5) is 0 Å². The van der Waals surface area contributed by atoms with Crippen molar-refractivity contribution in [2.45, 2.75) is 19.4 Å². The van der Waals surface area contributed by atoms with E-state index in [0.29, 0.717) is 23.9 Å². The van der Waals surface area contributed by atoms with E-state index in [9.17, 15) is 4.79 Å². The molecule has 0 aromatic carbocycles. The summed E-state index contributed by atoms with van der Waals surface area (Å²) >= 11 is 0. The first-order valence-electron chi connectivity index (χ1n) is 6.17. The molecular weight excluding hydrogens is 230 g/mol. The minimum Gasteiger partial charge on any atom is -0.480 e. The maximum Gasteiger partial charge on any atom is 0.259 e. The van der Waals surface area contributed by atoms with Crippen LogP contribution in [0.5, 0.6) is 5.88 Å². The summed E-state index contributed by atoms with van der Waals surface area (Å²) in [6.45, 7) is 3.46. The fraction of sp³-hybridized carbons (Fsp3) is 0.538. The van der Waals surface area contributed by atoms with Crippen LogP contribution >= 0.6 is 0 Å². The Labute approximate surface area is 107 Å². The van der Waals surface area contributed by atoms with Gasteiger partial charge in [-0.2, -0.15) is 0 Å². The van der Waals surface area contributed by atoms with Gasteiger partial charge in [0.15, 0.2) is 0 Å². The molecule has 2 rings (SSSR count). The van der Waals surface area contributed by atoms with Crippen LogP contribution in [-0.2, 0) is 0 Å². The lowest BCUT2D eigenvalue weighted by Gasteiger charge is -2.18. The number of aromatic nitrogens is 1. The Hall–Kier alpha value is -1.62. The van der Waals surface area contributed by atoms with E-state index in [1.165, 1.54) is 7.11 Å². The molecule has 5 heteroatoms. The van der Waals surface area contributed by atoms with E-state index < -0.39 is 0 Å². The summed E-state index contributed by atoms with van der Waals surface area (Å²) in [5.74, 6) is 0.742. The Morgan fingerprint density at radius 2 is 2.44 bits per heavy atom. The average Bonchev–Trinajstić information content (AvgIpc) is 2.87. The highest BCUT2D eigenvalue weighted by atomic mass is 16.5. The van der Waals surface area contributed by atoms with Crippen molar-refractivity contribution in [3.63, 3.8) is 0 Å². The van der Waals surface area contributed by atoms with Gasteiger partial charge in [-0.15, -0.1) is 0 Å². The Morgan fingerprint density at radius 3 is 3.06 bits per heavy atom. The van der Waals surface area contributed by atoms with Gasteiger partial charge in [0.1, 0.15) is 5.56 Å². The van der Waals surface area contributed by atoms with Crippen molar-refractivity contribution in [2.24, 2.45) is 11.7 Å². The lowest BCUT2D eigenvalue weighted by molar-refractivity contribution is 0.0781. The molecule has 0 radical (unpaired) electrons. The first kappa shape index (κ1) is 12.8. The molecule has 1 amide bonds. The molecule has 1 aromatic heterocycles. The molecule has 1 aliphatic rings. The minimum atomic E-state index is -0.0249. The van der Waals surface area contributed by atoms with Gasteiger partial charge in [-0.1, -0.05) is 0 Å². The number of hydrogen-bond donors (Lipinski definition) is 1. The highest BCUT2D eigenvalue weighted by Crippen LogP contribution is 2.23. The van der Waals surface area contributed by atoms with Gasteiger partial charge in [-0.05, 0) is 31.4 Å². The molecule has 2 N–H and O–H groups in total. The summed E-state index contributed by atoms with van der Waals surface area (Å²) in [4.78, 5) is 18.2. The second kappa shape index (κ2) is 5.35. The first-order valence-corrected chi connectivity index (χ1v) is 6.17. The van der Waals surface area contributed by atoms with Gasteiger partial charge < -0.3 is 15.4 Å². The van der Waals surface area contributed by atoms with Gasteiger partial charge in [-0.3, -0.25) is 4.79 Å². The van der Waals surface area contributed by atoms with Crippen LogP contribution in [0.15, 0.2) is 18.3 Å². The third-order valence-electron chi connectivity index (χ3n) is 3.45. The van der Waals surface area contributed by atoms with E-state index in [0.717, 1.165) is 13.0 Å². The van der Waals surface area contributed by atoms with Gasteiger partial charge in [0.05, 0.1) is 7.11 Å². The maximum atomic E-state index is 12.4. The van der Waals surface area contributed by atoms with Crippen molar-refractivity contribution >= 4 is 5.91 Å². The predicted octanol–water partition coefficient (Wildman–Crippen LogP) is 0.900. The van der Waals surface area contributed by atoms with Crippen molar-refractivity contribution < 1.29 is 9.53 Å². The van der Waals surface area contributed by atoms with Crippen LogP contribution in [0.2, 0.25) is 0 Å². The zero-order valence-corrected chi connectivity index (χ0v) is 10.8. The summed E-state index contributed by atoms with van der Waals surface area (Å²) in [5, 5.41) is 0. The number of pyridine rings is 1. The van der Waals surface area contributed by atoms with Crippen molar-refractivity contribution in [1.82, 2.24) is 9.88 Å². The van der Waals surface area contributed by atoms with Crippen LogP contribution in [0.25, 0.3) is 0 Å². The van der Waals surface area contributed by atoms with E-state index in [1.807, 2.05) is 11.8 Å². The molecule has 1 saturated heterocycles. The van der Waals surface area contributed by atoms with E-state index in [-0.39, 0.29) is 11.9 Å². The SMILES string of the molecule is COc1ncccc1C(=O)N1CCC(C(C)N)C1. The van der Waals surface area contributed by atoms with Gasteiger partial charge in [0.25, 0.3) is 5.91 Å². The molecule has 18 heavy (non-hydrogen) atoms. The molecule has 2 atom stereocenters. The number of nitrogens with zero attached hydrogens (tertiary/aromatic N) is 2. The number of amides is 1. The second-order valence-corrected chi connectivity index (χ2v) is 4.72. The predicted molar refractivity (Wildman–Crippen MR) is 68.4 cm³/mol. The molecule has 2 heterocycles. The van der Waals surface area contributed by atoms with E-state index >= 15 is 0 Å². The normalized spacial score (nSPS) is 20.8. The Balaban J connectivity index is 2.13. The van der Waals surface area contributed by atoms with Crippen LogP contribution in [-0.4, -0.2) is 42.0 Å². The van der Waals surface area contributed by atoms with E-state index in [2.05, 4.69) is 4.98 Å². The van der Waals surface area contributed by atoms with Crippen molar-refractivity contribution in [1.29, 1.82) is 0 Å². The van der Waals surface area contributed by atoms with Crippen molar-refractivity contribution in [3.8, 4) is 5.88 Å². The Kier molecular flexibility index (Phi) is 3.81. The summed E-state index contributed by atoms with van der Waals surface area (Å²) in [7, 11) is 1.52. The summed E-state index contributed by atoms with van der Waals surface area (Å²) in [5.41, 5.74) is 6.40. The highest BCUT2D eigenvalue weighted by Gasteiger charge is 2.30. The van der Waals surface area contributed by atoms with Gasteiger partial charge in [0, 0.05) is 25.3 Å². The van der Waals surface area contributed by atoms with Gasteiger partial charge in [-0.25, -0.2) is 4.98 Å². The van der Waals surface area contributed by atoms with Crippen LogP contribution in [0.1, 0.15) is 23.7 Å². The van der Waals surface area contributed by atoms with Crippen LogP contribution in [0.3, 0.4) is 0 Å². The Morgan fingerprint density at radius 1 is 1.67 bits per heavy atom. The average molecular weight is 249 g/mol. The minimum absolute atomic E-state index is 0.0249. The monoisotopic (exact) mass is 249 g/mol. The fourth-order valence-corrected chi connectivity index (χ4v) is 2.29. The summed E-state index contributed by atoms with van der Waals surface area (Å²) < 4.78 is 5.12. The lowest BCUT2D eigenvalue weighted by atomic mass is 10.0. The van der Waals surface area contributed by atoms with Crippen molar-refractivity contribution in [3.05, 3.63) is 23.9 Å². The number of carbonyl (C=O) groups excluding carboxylic acids is 1. The maximum absolute atomic E-state index is 12.4. The third-order valence-corrected chi connectivity index (χ3v) is 3.45. The topological polar surface area (TPSA) is 68.5 Å². The number of nitrogens with two attached hydrogens (primary N) is 1. The van der Waals surface area contributed by atoms with Crippen LogP contribution < -0.4 is 10.5 Å². The Bertz CT molecular complexity index is 434. The molecule has 0 bridgehead atoms. The zero-order chi connectivity index (χ0) is 13.1. The molecule has 1 fully saturated rings. The number of rotatable bonds is 3. The lowest BCUT2D eigenvalue weighted by Crippen LogP contribution is -2.33. The highest BCUT2D eigenvalue weighted by molar-refractivity contribution is 5.96. The van der Waals surface area contributed by atoms with E-state index in [4.69, 9.17) is 10.5 Å². The van der Waals surface area contributed by atoms with Crippen LogP contribution in [0, 0.1) is 5.92 Å². The fourth-order valence-electron chi connectivity index (χ4n) is 2.29. The number of methoxy groups -OCH3 is 1. The molecule has 0 spiro atoms. The van der Waals surface area contributed by atoms with Gasteiger partial charge >= 0.3 is 0 Å². The molecular formula is C13H19N3O2. The number of carbonyl (C=O) groups is 1. The molecule has 5 nitrogen and oxygen atoms in total. The summed E-state index contributed by atoms with van der Waals surface area (Å²) in [6, 6.07) is 3.61. The van der Waals surface area contributed by atoms with Gasteiger partial charge in [0.2, 0.25) is 5.88 Å². The number of ether oxygens (including phenoxy) is 1. The smallest absolute Gasteiger partial charge is 0.259 e. The van der Waals surface area contributed by atoms with E-state index in [1.54, 1.807) is 18.3 Å². The molecule has 0 saturated carbocycles. The largest absolute Gasteiger partial charge is 0.480 e. The standard InChI is InChI=1S/C13H19N3O2/c1-9(14)10-5-7-16(8-10)13(17)11-4-3-6-15-12(11)18-2/h3-4,6,9-10H,5,7-8,14H2,1-2H3.